The molecule has 0 aliphatic carbocycles. The fraction of sp³-hybridized carbons (Fsp3) is 0.704. The highest BCUT2D eigenvalue weighted by atomic mass is 16.5. The zero-order chi connectivity index (χ0) is 23.5. The second kappa shape index (κ2) is 12.9. The van der Waals surface area contributed by atoms with Crippen LogP contribution in [0, 0.1) is 16.7 Å². The molecule has 0 fully saturated rings. The van der Waals surface area contributed by atoms with Crippen molar-refractivity contribution in [3.8, 4) is 0 Å². The molecule has 0 aliphatic heterocycles. The molecule has 0 N–H and O–H groups in total. The lowest BCUT2D eigenvalue weighted by molar-refractivity contribution is -0.162. The molecule has 4 nitrogen and oxygen atoms in total. The Bertz CT molecular complexity index is 671. The number of carbonyl (C=O) groups excluding carboxylic acids is 2. The normalized spacial score (nSPS) is 17.1. The summed E-state index contributed by atoms with van der Waals surface area (Å²) in [4.78, 5) is 26.0. The zero-order valence-corrected chi connectivity index (χ0v) is 20.8. The summed E-state index contributed by atoms with van der Waals surface area (Å²) in [5.41, 5.74) is -0.272. The summed E-state index contributed by atoms with van der Waals surface area (Å²) < 4.78 is 10.5. The summed E-state index contributed by atoms with van der Waals surface area (Å²) in [7, 11) is 2.88. The van der Waals surface area contributed by atoms with E-state index in [2.05, 4.69) is 45.0 Å². The fourth-order valence-corrected chi connectivity index (χ4v) is 5.02. The summed E-state index contributed by atoms with van der Waals surface area (Å²) in [6.07, 6.45) is 7.21. The van der Waals surface area contributed by atoms with Gasteiger partial charge in [-0.15, -0.1) is 0 Å². The van der Waals surface area contributed by atoms with Crippen molar-refractivity contribution in [3.63, 3.8) is 0 Å². The minimum atomic E-state index is -0.780. The SMILES string of the molecule is CCCCCC(CC(C)(CC(C)(CC(C)CC)C(=O)OC)C(=O)OC)c1ccccc1. The molecular weight excluding hydrogens is 388 g/mol. The van der Waals surface area contributed by atoms with Crippen LogP contribution in [-0.2, 0) is 19.1 Å². The number of carbonyl (C=O) groups is 2. The van der Waals surface area contributed by atoms with Gasteiger partial charge >= 0.3 is 11.9 Å². The molecule has 0 amide bonds. The van der Waals surface area contributed by atoms with E-state index in [4.69, 9.17) is 9.47 Å². The average molecular weight is 433 g/mol. The molecule has 1 rings (SSSR count). The molecule has 1 aromatic carbocycles. The number of methoxy groups -OCH3 is 2. The van der Waals surface area contributed by atoms with Crippen LogP contribution < -0.4 is 0 Å². The summed E-state index contributed by atoms with van der Waals surface area (Å²) in [5.74, 6) is 0.108. The molecule has 0 spiro atoms. The van der Waals surface area contributed by atoms with Crippen LogP contribution in [0.2, 0.25) is 0 Å². The number of esters is 2. The summed E-state index contributed by atoms with van der Waals surface area (Å²) >= 11 is 0. The molecule has 4 heteroatoms. The molecule has 1 aromatic rings. The highest BCUT2D eigenvalue weighted by Crippen LogP contribution is 2.46. The maximum atomic E-state index is 13.1. The Balaban J connectivity index is 3.29. The topological polar surface area (TPSA) is 52.6 Å². The van der Waals surface area contributed by atoms with Gasteiger partial charge in [0.2, 0.25) is 0 Å². The maximum Gasteiger partial charge on any atom is 0.311 e. The monoisotopic (exact) mass is 432 g/mol. The number of rotatable bonds is 14. The van der Waals surface area contributed by atoms with Gasteiger partial charge in [0.05, 0.1) is 25.0 Å². The van der Waals surface area contributed by atoms with Crippen LogP contribution in [0.15, 0.2) is 30.3 Å². The van der Waals surface area contributed by atoms with Crippen molar-refractivity contribution >= 4 is 11.9 Å². The molecule has 0 saturated heterocycles. The predicted octanol–water partition coefficient (Wildman–Crippen LogP) is 6.93. The first-order chi connectivity index (χ1) is 14.7. The van der Waals surface area contributed by atoms with Crippen LogP contribution >= 0.6 is 0 Å². The molecule has 0 aromatic heterocycles. The lowest BCUT2D eigenvalue weighted by atomic mass is 9.65. The first-order valence-electron chi connectivity index (χ1n) is 11.9. The molecule has 0 heterocycles. The van der Waals surface area contributed by atoms with E-state index < -0.39 is 10.8 Å². The summed E-state index contributed by atoms with van der Waals surface area (Å²) in [6.45, 7) is 10.4. The smallest absolute Gasteiger partial charge is 0.311 e. The van der Waals surface area contributed by atoms with Crippen molar-refractivity contribution in [1.82, 2.24) is 0 Å². The lowest BCUT2D eigenvalue weighted by Gasteiger charge is -2.39. The van der Waals surface area contributed by atoms with E-state index >= 15 is 0 Å². The maximum absolute atomic E-state index is 13.1. The van der Waals surface area contributed by atoms with Gasteiger partial charge in [0.25, 0.3) is 0 Å². The fourth-order valence-electron chi connectivity index (χ4n) is 5.02. The number of hydrogen-bond donors (Lipinski definition) is 0. The quantitative estimate of drug-likeness (QED) is 0.236. The molecule has 176 valence electrons. The third-order valence-electron chi connectivity index (χ3n) is 6.76. The highest BCUT2D eigenvalue weighted by Gasteiger charge is 2.47. The molecular formula is C27H44O4. The Labute approximate surface area is 190 Å². The van der Waals surface area contributed by atoms with Gasteiger partial charge in [0, 0.05) is 0 Å². The molecule has 4 unspecified atom stereocenters. The Hall–Kier alpha value is -1.84. The van der Waals surface area contributed by atoms with Gasteiger partial charge in [-0.1, -0.05) is 76.8 Å². The molecule has 31 heavy (non-hydrogen) atoms. The Morgan fingerprint density at radius 3 is 1.94 bits per heavy atom. The molecule has 0 bridgehead atoms. The molecule has 0 radical (unpaired) electrons. The average Bonchev–Trinajstić information content (AvgIpc) is 2.77. The van der Waals surface area contributed by atoms with E-state index in [1.54, 1.807) is 0 Å². The number of ether oxygens (including phenoxy) is 2. The minimum Gasteiger partial charge on any atom is -0.469 e. The summed E-state index contributed by atoms with van der Waals surface area (Å²) in [6, 6.07) is 10.4. The van der Waals surface area contributed by atoms with Crippen molar-refractivity contribution in [3.05, 3.63) is 35.9 Å². The van der Waals surface area contributed by atoms with E-state index in [0.29, 0.717) is 25.2 Å². The molecule has 4 atom stereocenters. The van der Waals surface area contributed by atoms with Gasteiger partial charge in [0.15, 0.2) is 0 Å². The van der Waals surface area contributed by atoms with Gasteiger partial charge in [0.1, 0.15) is 0 Å². The van der Waals surface area contributed by atoms with Crippen molar-refractivity contribution in [2.24, 2.45) is 16.7 Å². The number of benzene rings is 1. The van der Waals surface area contributed by atoms with Crippen LogP contribution in [0.4, 0.5) is 0 Å². The first-order valence-corrected chi connectivity index (χ1v) is 11.9. The van der Waals surface area contributed by atoms with Crippen molar-refractivity contribution in [2.45, 2.75) is 91.9 Å². The molecule has 0 saturated carbocycles. The second-order valence-corrected chi connectivity index (χ2v) is 9.81. The van der Waals surface area contributed by atoms with E-state index in [1.807, 2.05) is 19.9 Å². The third-order valence-corrected chi connectivity index (χ3v) is 6.76. The van der Waals surface area contributed by atoms with Gasteiger partial charge < -0.3 is 9.47 Å². The number of hydrogen-bond acceptors (Lipinski definition) is 4. The minimum absolute atomic E-state index is 0.238. The van der Waals surface area contributed by atoms with Crippen LogP contribution in [0.25, 0.3) is 0 Å². The van der Waals surface area contributed by atoms with Crippen molar-refractivity contribution in [2.75, 3.05) is 14.2 Å². The lowest BCUT2D eigenvalue weighted by Crippen LogP contribution is -2.41. The van der Waals surface area contributed by atoms with E-state index in [-0.39, 0.29) is 17.9 Å². The van der Waals surface area contributed by atoms with Gasteiger partial charge in [-0.05, 0) is 56.9 Å². The predicted molar refractivity (Wildman–Crippen MR) is 127 cm³/mol. The third kappa shape index (κ3) is 7.97. The molecule has 0 aliphatic rings. The zero-order valence-electron chi connectivity index (χ0n) is 20.8. The van der Waals surface area contributed by atoms with Gasteiger partial charge in [-0.2, -0.15) is 0 Å². The van der Waals surface area contributed by atoms with Crippen LogP contribution in [-0.4, -0.2) is 26.2 Å². The highest BCUT2D eigenvalue weighted by molar-refractivity contribution is 5.80. The van der Waals surface area contributed by atoms with Crippen LogP contribution in [0.3, 0.4) is 0 Å². The standard InChI is InChI=1S/C27H44O4/c1-8-10-12-17-23(22-15-13-11-14-16-22)19-27(5,25(29)31-7)20-26(4,24(28)30-6)18-21(3)9-2/h11,13-16,21,23H,8-10,12,17-20H2,1-7H3. The van der Waals surface area contributed by atoms with Crippen molar-refractivity contribution < 1.29 is 19.1 Å². The van der Waals surface area contributed by atoms with E-state index in [1.165, 1.54) is 26.2 Å². The second-order valence-electron chi connectivity index (χ2n) is 9.81. The number of unbranched alkanes of at least 4 members (excludes halogenated alkanes) is 2. The summed E-state index contributed by atoms with van der Waals surface area (Å²) in [5, 5.41) is 0. The van der Waals surface area contributed by atoms with Gasteiger partial charge in [-0.3, -0.25) is 9.59 Å². The van der Waals surface area contributed by atoms with Crippen molar-refractivity contribution in [1.29, 1.82) is 0 Å². The van der Waals surface area contributed by atoms with E-state index in [9.17, 15) is 9.59 Å². The van der Waals surface area contributed by atoms with E-state index in [0.717, 1.165) is 25.7 Å². The van der Waals surface area contributed by atoms with Crippen LogP contribution in [0.1, 0.15) is 97.5 Å². The first kappa shape index (κ1) is 27.2. The largest absolute Gasteiger partial charge is 0.469 e. The van der Waals surface area contributed by atoms with Gasteiger partial charge in [-0.25, -0.2) is 0 Å². The Morgan fingerprint density at radius 1 is 0.903 bits per heavy atom. The Kier molecular flexibility index (Phi) is 11.3. The Morgan fingerprint density at radius 2 is 1.45 bits per heavy atom. The van der Waals surface area contributed by atoms with Crippen LogP contribution in [0.5, 0.6) is 0 Å².